The molecule has 6 nitrogen and oxygen atoms in total. The van der Waals surface area contributed by atoms with Crippen molar-refractivity contribution in [3.05, 3.63) is 78.4 Å². The summed E-state index contributed by atoms with van der Waals surface area (Å²) in [6.45, 7) is 1.25. The van der Waals surface area contributed by atoms with E-state index in [0.717, 1.165) is 17.1 Å². The van der Waals surface area contributed by atoms with E-state index < -0.39 is 0 Å². The highest BCUT2D eigenvalue weighted by Gasteiger charge is 2.40. The minimum Gasteiger partial charge on any atom is -0.508 e. The van der Waals surface area contributed by atoms with Crippen LogP contribution in [0, 0.1) is 0 Å². The van der Waals surface area contributed by atoms with Gasteiger partial charge in [-0.2, -0.15) is 0 Å². The first-order valence-electron chi connectivity index (χ1n) is 9.12. The van der Waals surface area contributed by atoms with Gasteiger partial charge in [0, 0.05) is 37.4 Å². The van der Waals surface area contributed by atoms with Crippen LogP contribution in [-0.4, -0.2) is 44.9 Å². The highest BCUT2D eigenvalue weighted by atomic mass is 32.1. The highest BCUT2D eigenvalue weighted by Crippen LogP contribution is 2.39. The van der Waals surface area contributed by atoms with Crippen molar-refractivity contribution in [2.75, 3.05) is 20.3 Å². The Balaban J connectivity index is 1.78. The molecule has 144 valence electrons. The van der Waals surface area contributed by atoms with Crippen molar-refractivity contribution in [2.24, 2.45) is 0 Å². The lowest BCUT2D eigenvalue weighted by atomic mass is 10.0. The third-order valence-electron chi connectivity index (χ3n) is 4.95. The fraction of sp³-hybridized carbons (Fsp3) is 0.238. The monoisotopic (exact) mass is 394 g/mol. The van der Waals surface area contributed by atoms with E-state index in [-0.39, 0.29) is 17.8 Å². The van der Waals surface area contributed by atoms with Gasteiger partial charge >= 0.3 is 0 Å². The predicted molar refractivity (Wildman–Crippen MR) is 111 cm³/mol. The van der Waals surface area contributed by atoms with Crippen LogP contribution in [0.1, 0.15) is 23.5 Å². The minimum absolute atomic E-state index is 0.0404. The zero-order valence-corrected chi connectivity index (χ0v) is 16.3. The molecule has 0 aliphatic carbocycles. The third-order valence-corrected chi connectivity index (χ3v) is 5.30. The summed E-state index contributed by atoms with van der Waals surface area (Å²) in [6.07, 6.45) is 3.82. The number of benzene rings is 1. The molecule has 1 saturated heterocycles. The van der Waals surface area contributed by atoms with Crippen molar-refractivity contribution in [3.8, 4) is 11.4 Å². The van der Waals surface area contributed by atoms with Crippen LogP contribution in [0.2, 0.25) is 0 Å². The van der Waals surface area contributed by atoms with E-state index in [9.17, 15) is 5.11 Å². The normalized spacial score (nSPS) is 19.0. The Kier molecular flexibility index (Phi) is 5.27. The maximum absolute atomic E-state index is 9.63. The number of phenols is 1. The number of nitrogens with zero attached hydrogens (tertiary/aromatic N) is 3. The molecule has 3 heterocycles. The molecule has 1 fully saturated rings. The third kappa shape index (κ3) is 3.46. The van der Waals surface area contributed by atoms with E-state index in [1.807, 2.05) is 42.6 Å². The second-order valence-electron chi connectivity index (χ2n) is 6.63. The second-order valence-corrected chi connectivity index (χ2v) is 7.02. The zero-order chi connectivity index (χ0) is 19.5. The van der Waals surface area contributed by atoms with Gasteiger partial charge in [0.25, 0.3) is 0 Å². The number of methoxy groups -OCH3 is 1. The van der Waals surface area contributed by atoms with Crippen LogP contribution < -0.4 is 5.32 Å². The number of pyridine rings is 1. The Morgan fingerprint density at radius 3 is 2.68 bits per heavy atom. The summed E-state index contributed by atoms with van der Waals surface area (Å²) in [5, 5.41) is 13.8. The van der Waals surface area contributed by atoms with Crippen LogP contribution in [0.25, 0.3) is 5.69 Å². The second kappa shape index (κ2) is 8.00. The van der Waals surface area contributed by atoms with Gasteiger partial charge in [-0.1, -0.05) is 6.07 Å². The van der Waals surface area contributed by atoms with Crippen molar-refractivity contribution < 1.29 is 9.84 Å². The van der Waals surface area contributed by atoms with Gasteiger partial charge in [0.15, 0.2) is 5.11 Å². The molecule has 1 aliphatic rings. The molecule has 0 amide bonds. The Morgan fingerprint density at radius 2 is 1.96 bits per heavy atom. The molecule has 1 aliphatic heterocycles. The molecule has 2 N–H and O–H groups in total. The van der Waals surface area contributed by atoms with E-state index >= 15 is 0 Å². The first-order valence-corrected chi connectivity index (χ1v) is 9.53. The average molecular weight is 395 g/mol. The molecule has 0 saturated carbocycles. The molecular weight excluding hydrogens is 372 g/mol. The van der Waals surface area contributed by atoms with Crippen molar-refractivity contribution in [2.45, 2.75) is 12.1 Å². The zero-order valence-electron chi connectivity index (χ0n) is 15.5. The van der Waals surface area contributed by atoms with Crippen LogP contribution in [0.4, 0.5) is 0 Å². The summed E-state index contributed by atoms with van der Waals surface area (Å²) in [5.41, 5.74) is 3.00. The van der Waals surface area contributed by atoms with Gasteiger partial charge in [-0.15, -0.1) is 0 Å². The first-order chi connectivity index (χ1) is 13.7. The SMILES string of the molecule is COCCN1C(=S)NC(c2ccccn2)C1c1cccn1-c1ccc(O)cc1. The summed E-state index contributed by atoms with van der Waals surface area (Å²) < 4.78 is 7.43. The summed E-state index contributed by atoms with van der Waals surface area (Å²) in [7, 11) is 1.69. The highest BCUT2D eigenvalue weighted by molar-refractivity contribution is 7.80. The maximum atomic E-state index is 9.63. The van der Waals surface area contributed by atoms with Crippen molar-refractivity contribution in [1.29, 1.82) is 0 Å². The van der Waals surface area contributed by atoms with Gasteiger partial charge in [-0.3, -0.25) is 4.98 Å². The molecular formula is C21H22N4O2S. The van der Waals surface area contributed by atoms with Gasteiger partial charge in [-0.25, -0.2) is 0 Å². The van der Waals surface area contributed by atoms with E-state index in [4.69, 9.17) is 17.0 Å². The lowest BCUT2D eigenvalue weighted by molar-refractivity contribution is 0.163. The van der Waals surface area contributed by atoms with E-state index in [0.29, 0.717) is 18.3 Å². The van der Waals surface area contributed by atoms with Crippen LogP contribution >= 0.6 is 12.2 Å². The molecule has 7 heteroatoms. The number of rotatable bonds is 6. The summed E-state index contributed by atoms with van der Waals surface area (Å²) in [5.74, 6) is 0.245. The lowest BCUT2D eigenvalue weighted by Crippen LogP contribution is -2.33. The lowest BCUT2D eigenvalue weighted by Gasteiger charge is -2.28. The molecule has 2 atom stereocenters. The number of thiocarbonyl (C=S) groups is 1. The van der Waals surface area contributed by atoms with Crippen molar-refractivity contribution >= 4 is 17.3 Å². The maximum Gasteiger partial charge on any atom is 0.170 e. The van der Waals surface area contributed by atoms with Gasteiger partial charge in [0.1, 0.15) is 5.75 Å². The van der Waals surface area contributed by atoms with Crippen LogP contribution in [0.5, 0.6) is 5.75 Å². The number of nitrogens with one attached hydrogen (secondary N) is 1. The molecule has 0 radical (unpaired) electrons. The number of aromatic hydroxyl groups is 1. The number of hydrogen-bond acceptors (Lipinski definition) is 4. The van der Waals surface area contributed by atoms with E-state index in [1.54, 1.807) is 25.4 Å². The Labute approximate surface area is 169 Å². The smallest absolute Gasteiger partial charge is 0.170 e. The average Bonchev–Trinajstić information content (AvgIpc) is 3.32. The number of aromatic nitrogens is 2. The summed E-state index contributed by atoms with van der Waals surface area (Å²) in [4.78, 5) is 6.72. The molecule has 0 spiro atoms. The van der Waals surface area contributed by atoms with Crippen LogP contribution in [-0.2, 0) is 4.74 Å². The number of hydrogen-bond donors (Lipinski definition) is 2. The Hall–Kier alpha value is -2.90. The van der Waals surface area contributed by atoms with Gasteiger partial charge in [0.05, 0.1) is 24.4 Å². The number of phenolic OH excluding ortho intramolecular Hbond substituents is 1. The predicted octanol–water partition coefficient (Wildman–Crippen LogP) is 3.20. The first kappa shape index (κ1) is 18.5. The molecule has 28 heavy (non-hydrogen) atoms. The molecule has 1 aromatic carbocycles. The van der Waals surface area contributed by atoms with E-state index in [2.05, 4.69) is 25.8 Å². The minimum atomic E-state index is -0.0729. The molecule has 4 rings (SSSR count). The Morgan fingerprint density at radius 1 is 1.14 bits per heavy atom. The summed E-state index contributed by atoms with van der Waals surface area (Å²) >= 11 is 5.65. The Bertz CT molecular complexity index is 943. The van der Waals surface area contributed by atoms with Crippen molar-refractivity contribution in [3.63, 3.8) is 0 Å². The largest absolute Gasteiger partial charge is 0.508 e. The fourth-order valence-corrected chi connectivity index (χ4v) is 3.97. The molecule has 2 aromatic heterocycles. The number of ether oxygens (including phenoxy) is 1. The molecule has 3 aromatic rings. The van der Waals surface area contributed by atoms with Gasteiger partial charge in [0.2, 0.25) is 0 Å². The molecule has 2 unspecified atom stereocenters. The van der Waals surface area contributed by atoms with Gasteiger partial charge < -0.3 is 24.6 Å². The standard InChI is InChI=1S/C21H22N4O2S/c1-27-14-13-25-20(19(23-21(25)28)17-5-2-3-11-22-17)18-6-4-12-24(18)15-7-9-16(26)10-8-15/h2-12,19-20,26H,13-14H2,1H3,(H,23,28). The van der Waals surface area contributed by atoms with Gasteiger partial charge in [-0.05, 0) is 60.7 Å². The van der Waals surface area contributed by atoms with Crippen molar-refractivity contribution in [1.82, 2.24) is 19.8 Å². The molecule has 0 bridgehead atoms. The van der Waals surface area contributed by atoms with Crippen LogP contribution in [0.15, 0.2) is 67.0 Å². The summed E-state index contributed by atoms with van der Waals surface area (Å²) in [6, 6.07) is 17.1. The van der Waals surface area contributed by atoms with E-state index in [1.165, 1.54) is 0 Å². The fourth-order valence-electron chi connectivity index (χ4n) is 3.64. The topological polar surface area (TPSA) is 62.5 Å². The van der Waals surface area contributed by atoms with Crippen LogP contribution in [0.3, 0.4) is 0 Å². The quantitative estimate of drug-likeness (QED) is 0.626.